The van der Waals surface area contributed by atoms with Crippen molar-refractivity contribution in [3.63, 3.8) is 0 Å². The molecule has 3 aliphatic heterocycles. The molecule has 3 heterocycles. The molecule has 0 bridgehead atoms. The lowest BCUT2D eigenvalue weighted by Gasteiger charge is -2.52. The molecule has 3 aliphatic rings. The van der Waals surface area contributed by atoms with Crippen LogP contribution in [0.3, 0.4) is 0 Å². The van der Waals surface area contributed by atoms with Crippen LogP contribution in [-0.4, -0.2) is 101 Å². The molecule has 16 nitrogen and oxygen atoms in total. The monoisotopic (exact) mass is 917 g/mol. The number of carbonyl (C=O) groups is 3. The summed E-state index contributed by atoms with van der Waals surface area (Å²) in [6.07, 6.45) is -10.8. The van der Waals surface area contributed by atoms with Gasteiger partial charge in [-0.1, -0.05) is 124 Å². The number of rotatable bonds is 20. The highest BCUT2D eigenvalue weighted by atomic mass is 28.4. The fourth-order valence-electron chi connectivity index (χ4n) is 7.95. The molecule has 6 rings (SSSR count). The Balaban J connectivity index is 1.41. The summed E-state index contributed by atoms with van der Waals surface area (Å²) in [6.45, 7) is 15.2. The van der Waals surface area contributed by atoms with E-state index < -0.39 is 87.9 Å². The average Bonchev–Trinajstić information content (AvgIpc) is 3.28. The van der Waals surface area contributed by atoms with Crippen molar-refractivity contribution in [2.24, 2.45) is 11.0 Å². The summed E-state index contributed by atoms with van der Waals surface area (Å²) in [7, 11) is -2.73. The van der Waals surface area contributed by atoms with E-state index in [1.807, 2.05) is 91.0 Å². The van der Waals surface area contributed by atoms with Crippen molar-refractivity contribution < 1.29 is 61.4 Å². The molecule has 3 aromatic rings. The topological polar surface area (TPSA) is 192 Å². The second-order valence-corrected chi connectivity index (χ2v) is 22.6. The molecule has 11 atom stereocenters. The molecule has 3 aromatic carbocycles. The Labute approximate surface area is 382 Å². The van der Waals surface area contributed by atoms with Crippen LogP contribution in [0.1, 0.15) is 77.4 Å². The van der Waals surface area contributed by atoms with E-state index in [0.717, 1.165) is 16.7 Å². The Morgan fingerprint density at radius 2 is 1.40 bits per heavy atom. The molecule has 0 radical (unpaired) electrons. The molecule has 352 valence electrons. The van der Waals surface area contributed by atoms with Crippen LogP contribution < -0.4 is 0 Å². The lowest BCUT2D eigenvalue weighted by Crippen LogP contribution is -2.67. The zero-order chi connectivity index (χ0) is 46.7. The summed E-state index contributed by atoms with van der Waals surface area (Å²) < 4.78 is 65.5. The summed E-state index contributed by atoms with van der Waals surface area (Å²) in [4.78, 5) is 41.3. The summed E-state index contributed by atoms with van der Waals surface area (Å²) in [5.74, 6) is -1.24. The fourth-order valence-corrected chi connectivity index (χ4v) is 10.4. The molecule has 0 saturated carbocycles. The van der Waals surface area contributed by atoms with Crippen molar-refractivity contribution in [1.82, 2.24) is 0 Å². The van der Waals surface area contributed by atoms with Crippen molar-refractivity contribution in [3.8, 4) is 0 Å². The summed E-state index contributed by atoms with van der Waals surface area (Å²) in [6, 6.07) is 27.2. The third kappa shape index (κ3) is 12.9. The van der Waals surface area contributed by atoms with E-state index in [9.17, 15) is 19.9 Å². The Hall–Kier alpha value is -4.52. The first-order chi connectivity index (χ1) is 31.1. The average molecular weight is 918 g/mol. The minimum Gasteiger partial charge on any atom is -0.463 e. The van der Waals surface area contributed by atoms with Gasteiger partial charge in [0.05, 0.1) is 26.2 Å². The predicted molar refractivity (Wildman–Crippen MR) is 239 cm³/mol. The van der Waals surface area contributed by atoms with E-state index >= 15 is 0 Å². The highest BCUT2D eigenvalue weighted by Crippen LogP contribution is 2.47. The van der Waals surface area contributed by atoms with Gasteiger partial charge in [0.15, 0.2) is 33.3 Å². The summed E-state index contributed by atoms with van der Waals surface area (Å²) in [5, 5.41) is 3.96. The van der Waals surface area contributed by atoms with E-state index in [2.05, 4.69) is 50.8 Å². The second kappa shape index (κ2) is 22.8. The number of hydrogen-bond acceptors (Lipinski definition) is 14. The maximum atomic E-state index is 13.1. The molecule has 3 fully saturated rings. The summed E-state index contributed by atoms with van der Waals surface area (Å²) in [5.41, 5.74) is 12.6. The van der Waals surface area contributed by atoms with Crippen molar-refractivity contribution in [1.29, 1.82) is 0 Å². The summed E-state index contributed by atoms with van der Waals surface area (Å²) >= 11 is 0. The van der Waals surface area contributed by atoms with Crippen LogP contribution in [0.25, 0.3) is 10.4 Å². The third-order valence-corrected chi connectivity index (χ3v) is 17.3. The third-order valence-electron chi connectivity index (χ3n) is 12.8. The Bertz CT molecular complexity index is 2060. The SMILES string of the molecule is CC(=O)CCC(=O)OC[C@H]1O[C@@H](O[Si](C)(C)C(C)(C)C(C)C)[C@H](N=[N+]=[N-])[C@@H](OCc2ccccc2)[C@@H]1O[C@@H]1O[C@@H]2COC(c3ccccc3)O[C@H]2[C@H](OCc2ccccc2)[C@H]1OC(C)=O. The Morgan fingerprint density at radius 3 is 1.97 bits per heavy atom. The minimum atomic E-state index is -2.73. The van der Waals surface area contributed by atoms with Crippen molar-refractivity contribution in [3.05, 3.63) is 118 Å². The number of hydrogen-bond donors (Lipinski definition) is 0. The number of ether oxygens (including phenoxy) is 9. The lowest BCUT2D eigenvalue weighted by atomic mass is 9.95. The Kier molecular flexibility index (Phi) is 17.5. The molecule has 65 heavy (non-hydrogen) atoms. The van der Waals surface area contributed by atoms with Gasteiger partial charge in [0, 0.05) is 23.8 Å². The first kappa shape index (κ1) is 49.9. The van der Waals surface area contributed by atoms with Gasteiger partial charge in [0.2, 0.25) is 0 Å². The number of carbonyl (C=O) groups excluding carboxylic acids is 3. The molecule has 0 aromatic heterocycles. The van der Waals surface area contributed by atoms with Crippen LogP contribution in [0.2, 0.25) is 18.1 Å². The number of azide groups is 1. The molecule has 17 heteroatoms. The normalized spacial score (nSPS) is 28.1. The standard InChI is InChI=1S/C48H63N3O13Si/c1-30(2)48(5,6)65(7,8)64-46-39(50-51-49)42(56-26-33-18-12-9-13-19-33)40(36(60-46)28-55-38(54)25-24-31(3)52)63-47-44(59-32(4)53)43(57-27-34-20-14-10-15-21-34)41-37(61-47)29-58-45(62-41)35-22-16-11-17-23-35/h9-23,30,36-37,39-47H,24-29H2,1-8H3/t36-,37-,39-,40-,41-,42-,43+,44-,45?,46+,47+/m1/s1. The minimum absolute atomic E-state index is 0.00988. The molecular weight excluding hydrogens is 855 g/mol. The van der Waals surface area contributed by atoms with Crippen LogP contribution in [0, 0.1) is 5.92 Å². The maximum absolute atomic E-state index is 13.1. The van der Waals surface area contributed by atoms with Gasteiger partial charge < -0.3 is 51.9 Å². The van der Waals surface area contributed by atoms with Crippen LogP contribution in [0.4, 0.5) is 0 Å². The molecule has 0 spiro atoms. The van der Waals surface area contributed by atoms with Gasteiger partial charge in [-0.05, 0) is 47.6 Å². The number of benzene rings is 3. The van der Waals surface area contributed by atoms with E-state index in [1.54, 1.807) is 0 Å². The highest BCUT2D eigenvalue weighted by Gasteiger charge is 2.57. The number of nitrogens with zero attached hydrogens (tertiary/aromatic N) is 3. The maximum Gasteiger partial charge on any atom is 0.306 e. The van der Waals surface area contributed by atoms with E-state index in [4.69, 9.17) is 47.1 Å². The van der Waals surface area contributed by atoms with E-state index in [-0.39, 0.29) is 56.0 Å². The first-order valence-electron chi connectivity index (χ1n) is 22.2. The van der Waals surface area contributed by atoms with E-state index in [1.165, 1.54) is 13.8 Å². The fraction of sp³-hybridized carbons (Fsp3) is 0.562. The first-order valence-corrected chi connectivity index (χ1v) is 25.1. The van der Waals surface area contributed by atoms with Crippen molar-refractivity contribution in [2.45, 2.75) is 153 Å². The quantitative estimate of drug-likeness (QED) is 0.0346. The number of ketones is 1. The number of fused-ring (bicyclic) bond motifs is 1. The zero-order valence-corrected chi connectivity index (χ0v) is 39.5. The second-order valence-electron chi connectivity index (χ2n) is 18.0. The predicted octanol–water partition coefficient (Wildman–Crippen LogP) is 8.29. The lowest BCUT2D eigenvalue weighted by molar-refractivity contribution is -0.385. The zero-order valence-electron chi connectivity index (χ0n) is 38.5. The van der Waals surface area contributed by atoms with Crippen molar-refractivity contribution in [2.75, 3.05) is 13.2 Å². The molecule has 0 aliphatic carbocycles. The van der Waals surface area contributed by atoms with E-state index in [0.29, 0.717) is 0 Å². The van der Waals surface area contributed by atoms with Crippen LogP contribution >= 0.6 is 0 Å². The molecule has 3 saturated heterocycles. The molecule has 0 amide bonds. The van der Waals surface area contributed by atoms with Gasteiger partial charge in [-0.2, -0.15) is 0 Å². The largest absolute Gasteiger partial charge is 0.463 e. The molecule has 1 unspecified atom stereocenters. The van der Waals surface area contributed by atoms with Gasteiger partial charge >= 0.3 is 11.9 Å². The van der Waals surface area contributed by atoms with Gasteiger partial charge in [0.1, 0.15) is 55.1 Å². The van der Waals surface area contributed by atoms with Crippen LogP contribution in [0.5, 0.6) is 0 Å². The van der Waals surface area contributed by atoms with Gasteiger partial charge in [0.25, 0.3) is 0 Å². The molecular formula is C48H63N3O13Si. The van der Waals surface area contributed by atoms with Crippen LogP contribution in [0.15, 0.2) is 96.1 Å². The number of esters is 2. The van der Waals surface area contributed by atoms with Gasteiger partial charge in [-0.3, -0.25) is 9.59 Å². The highest BCUT2D eigenvalue weighted by molar-refractivity contribution is 6.74. The number of Topliss-reactive ketones (excluding diaryl/α,β-unsaturated/α-hetero) is 1. The van der Waals surface area contributed by atoms with Gasteiger partial charge in [-0.25, -0.2) is 0 Å². The van der Waals surface area contributed by atoms with Gasteiger partial charge in [-0.15, -0.1) is 0 Å². The van der Waals surface area contributed by atoms with Crippen LogP contribution in [-0.2, 0) is 74.7 Å². The van der Waals surface area contributed by atoms with Crippen molar-refractivity contribution >= 4 is 26.0 Å². The smallest absolute Gasteiger partial charge is 0.306 e. The Morgan fingerprint density at radius 1 is 0.800 bits per heavy atom. The molecule has 0 N–H and O–H groups in total.